The highest BCUT2D eigenvalue weighted by atomic mass is 79.9. The number of thiazole rings is 1. The molecule has 4 aromatic rings. The van der Waals surface area contributed by atoms with Gasteiger partial charge in [0, 0.05) is 10.5 Å². The normalized spacial score (nSPS) is 14.7. The largest absolute Gasteiger partial charge is 0.480 e. The monoisotopic (exact) mass is 644 g/mol. The van der Waals surface area contributed by atoms with E-state index in [0.717, 1.165) is 26.1 Å². The summed E-state index contributed by atoms with van der Waals surface area (Å²) in [5, 5.41) is 0. The Hall–Kier alpha value is -3.84. The molecule has 1 aliphatic heterocycles. The Morgan fingerprint density at radius 1 is 1.17 bits per heavy atom. The topological polar surface area (TPSA) is 69.9 Å². The third-order valence-electron chi connectivity index (χ3n) is 6.37. The van der Waals surface area contributed by atoms with Crippen molar-refractivity contribution in [2.24, 2.45) is 4.99 Å². The Kier molecular flexibility index (Phi) is 8.93. The van der Waals surface area contributed by atoms with Crippen molar-refractivity contribution in [3.63, 3.8) is 0 Å². The Balaban J connectivity index is 1.74. The van der Waals surface area contributed by atoms with Crippen molar-refractivity contribution >= 4 is 56.8 Å². The number of halogens is 1. The Labute approximate surface area is 254 Å². The van der Waals surface area contributed by atoms with E-state index >= 15 is 0 Å². The van der Waals surface area contributed by atoms with Gasteiger partial charge in [0.2, 0.25) is 0 Å². The molecule has 1 aromatic heterocycles. The lowest BCUT2D eigenvalue weighted by Crippen LogP contribution is -2.40. The van der Waals surface area contributed by atoms with Crippen LogP contribution in [0.5, 0.6) is 5.75 Å². The molecule has 206 valence electrons. The summed E-state index contributed by atoms with van der Waals surface area (Å²) < 4.78 is 13.9. The SMILES string of the molecule is C#CCOc1ccc(/C=c2\sc3n(c2=O)[C@H](c2ccc(SC)cc2)C(C(=O)OCC)=C(c2ccccc2)N=3)cc1Br. The number of thioether (sulfide) groups is 1. The van der Waals surface area contributed by atoms with Gasteiger partial charge in [-0.3, -0.25) is 9.36 Å². The average molecular weight is 646 g/mol. The second kappa shape index (κ2) is 12.8. The fraction of sp³-hybridized carbons (Fsp3) is 0.156. The number of nitrogens with zero attached hydrogens (tertiary/aromatic N) is 2. The van der Waals surface area contributed by atoms with Gasteiger partial charge >= 0.3 is 5.97 Å². The molecule has 0 aliphatic carbocycles. The smallest absolute Gasteiger partial charge is 0.338 e. The minimum Gasteiger partial charge on any atom is -0.480 e. The Bertz CT molecular complexity index is 1850. The first kappa shape index (κ1) is 28.7. The molecular weight excluding hydrogens is 620 g/mol. The van der Waals surface area contributed by atoms with Crippen molar-refractivity contribution in [3.8, 4) is 18.1 Å². The van der Waals surface area contributed by atoms with Crippen molar-refractivity contribution in [2.45, 2.75) is 17.9 Å². The van der Waals surface area contributed by atoms with Crippen LogP contribution in [-0.4, -0.2) is 30.0 Å². The lowest BCUT2D eigenvalue weighted by atomic mass is 9.93. The predicted molar refractivity (Wildman–Crippen MR) is 168 cm³/mol. The Morgan fingerprint density at radius 2 is 1.93 bits per heavy atom. The number of aromatic nitrogens is 1. The first-order valence-electron chi connectivity index (χ1n) is 12.7. The molecule has 0 bridgehead atoms. The number of esters is 1. The third kappa shape index (κ3) is 5.96. The van der Waals surface area contributed by atoms with Gasteiger partial charge in [0.1, 0.15) is 12.4 Å². The molecule has 1 atom stereocenters. The molecule has 0 saturated carbocycles. The third-order valence-corrected chi connectivity index (χ3v) is 8.72. The standard InChI is InChI=1S/C32H25BrN2O4S2/c1-4-17-39-25-16-11-20(18-24(25)33)19-26-30(36)35-29(22-12-14-23(40-3)15-13-22)27(31(37)38-5-2)28(34-32(35)41-26)21-9-7-6-8-10-21/h1,6-16,18-19,29H,5,17H2,2-3H3/b26-19-/t29-/m1/s1. The van der Waals surface area contributed by atoms with Gasteiger partial charge in [0.25, 0.3) is 5.56 Å². The van der Waals surface area contributed by atoms with Gasteiger partial charge in [0.15, 0.2) is 4.80 Å². The lowest BCUT2D eigenvalue weighted by Gasteiger charge is -2.26. The maximum absolute atomic E-state index is 14.0. The van der Waals surface area contributed by atoms with Crippen molar-refractivity contribution in [3.05, 3.63) is 119 Å². The van der Waals surface area contributed by atoms with E-state index < -0.39 is 12.0 Å². The number of terminal acetylenes is 1. The van der Waals surface area contributed by atoms with E-state index in [1.54, 1.807) is 29.3 Å². The summed E-state index contributed by atoms with van der Waals surface area (Å²) in [6.45, 7) is 2.11. The predicted octanol–water partition coefficient (Wildman–Crippen LogP) is 5.43. The number of carbonyl (C=O) groups excluding carboxylic acids is 1. The van der Waals surface area contributed by atoms with Gasteiger partial charge in [-0.1, -0.05) is 65.8 Å². The van der Waals surface area contributed by atoms with E-state index in [-0.39, 0.29) is 18.8 Å². The fourth-order valence-corrected chi connectivity index (χ4v) is 6.46. The van der Waals surface area contributed by atoms with E-state index in [4.69, 9.17) is 20.9 Å². The molecule has 1 aliphatic rings. The molecule has 41 heavy (non-hydrogen) atoms. The molecule has 5 rings (SSSR count). The summed E-state index contributed by atoms with van der Waals surface area (Å²) in [4.78, 5) is 34.1. The van der Waals surface area contributed by atoms with Gasteiger partial charge in [-0.25, -0.2) is 9.79 Å². The van der Waals surface area contributed by atoms with Crippen LogP contribution in [0, 0.1) is 12.3 Å². The molecule has 3 aromatic carbocycles. The first-order valence-corrected chi connectivity index (χ1v) is 15.6. The number of hydrogen-bond donors (Lipinski definition) is 0. The molecule has 9 heteroatoms. The van der Waals surface area contributed by atoms with Gasteiger partial charge in [0.05, 0.1) is 32.9 Å². The fourth-order valence-electron chi connectivity index (χ4n) is 4.54. The molecule has 6 nitrogen and oxygen atoms in total. The first-order chi connectivity index (χ1) is 19.9. The van der Waals surface area contributed by atoms with Crippen molar-refractivity contribution in [1.82, 2.24) is 4.57 Å². The van der Waals surface area contributed by atoms with E-state index in [9.17, 15) is 9.59 Å². The number of hydrogen-bond acceptors (Lipinski definition) is 7. The van der Waals surface area contributed by atoms with Crippen LogP contribution in [0.25, 0.3) is 11.8 Å². The van der Waals surface area contributed by atoms with E-state index in [1.807, 2.05) is 79.1 Å². The minimum atomic E-state index is -0.718. The maximum atomic E-state index is 14.0. The highest BCUT2D eigenvalue weighted by Gasteiger charge is 2.35. The summed E-state index contributed by atoms with van der Waals surface area (Å²) in [6, 6.07) is 22.2. The number of fused-ring (bicyclic) bond motifs is 1. The number of rotatable bonds is 8. The number of carbonyl (C=O) groups is 1. The highest BCUT2D eigenvalue weighted by molar-refractivity contribution is 9.10. The molecule has 0 spiro atoms. The van der Waals surface area contributed by atoms with Crippen LogP contribution in [-0.2, 0) is 9.53 Å². The molecule has 0 radical (unpaired) electrons. The van der Waals surface area contributed by atoms with Gasteiger partial charge in [-0.05, 0) is 70.6 Å². The Morgan fingerprint density at radius 3 is 2.59 bits per heavy atom. The van der Waals surface area contributed by atoms with Crippen LogP contribution in [0.15, 0.2) is 97.5 Å². The lowest BCUT2D eigenvalue weighted by molar-refractivity contribution is -0.138. The molecule has 0 saturated heterocycles. The van der Waals surface area contributed by atoms with Gasteiger partial charge in [-0.15, -0.1) is 18.2 Å². The summed E-state index contributed by atoms with van der Waals surface area (Å²) >= 11 is 6.42. The highest BCUT2D eigenvalue weighted by Crippen LogP contribution is 2.35. The van der Waals surface area contributed by atoms with Crippen LogP contribution in [0.3, 0.4) is 0 Å². The van der Waals surface area contributed by atoms with Crippen molar-refractivity contribution < 1.29 is 14.3 Å². The summed E-state index contributed by atoms with van der Waals surface area (Å²) in [7, 11) is 0. The van der Waals surface area contributed by atoms with Crippen LogP contribution >= 0.6 is 39.0 Å². The van der Waals surface area contributed by atoms with Crippen LogP contribution < -0.4 is 19.6 Å². The van der Waals surface area contributed by atoms with Crippen LogP contribution in [0.1, 0.15) is 29.7 Å². The minimum absolute atomic E-state index is 0.154. The van der Waals surface area contributed by atoms with Gasteiger partial charge in [-0.2, -0.15) is 0 Å². The summed E-state index contributed by atoms with van der Waals surface area (Å²) in [6.07, 6.45) is 9.12. The average Bonchev–Trinajstić information content (AvgIpc) is 3.30. The molecule has 0 amide bonds. The molecule has 0 N–H and O–H groups in total. The number of benzene rings is 3. The second-order valence-electron chi connectivity index (χ2n) is 8.89. The van der Waals surface area contributed by atoms with Crippen molar-refractivity contribution in [2.75, 3.05) is 19.5 Å². The molecule has 2 heterocycles. The quantitative estimate of drug-likeness (QED) is 0.145. The molecule has 0 fully saturated rings. The second-order valence-corrected chi connectivity index (χ2v) is 11.6. The van der Waals surface area contributed by atoms with E-state index in [0.29, 0.717) is 26.4 Å². The van der Waals surface area contributed by atoms with E-state index in [2.05, 4.69) is 21.9 Å². The number of ether oxygens (including phenoxy) is 2. The van der Waals surface area contributed by atoms with Crippen molar-refractivity contribution in [1.29, 1.82) is 0 Å². The summed E-state index contributed by atoms with van der Waals surface area (Å²) in [5.41, 5.74) is 2.93. The zero-order valence-electron chi connectivity index (χ0n) is 22.3. The van der Waals surface area contributed by atoms with E-state index in [1.165, 1.54) is 11.3 Å². The van der Waals surface area contributed by atoms with Gasteiger partial charge < -0.3 is 9.47 Å². The summed E-state index contributed by atoms with van der Waals surface area (Å²) in [5.74, 6) is 2.56. The van der Waals surface area contributed by atoms with Crippen LogP contribution in [0.4, 0.5) is 0 Å². The zero-order chi connectivity index (χ0) is 28.9. The van der Waals surface area contributed by atoms with Crippen LogP contribution in [0.2, 0.25) is 0 Å². The molecule has 0 unspecified atom stereocenters. The zero-order valence-corrected chi connectivity index (χ0v) is 25.5. The maximum Gasteiger partial charge on any atom is 0.338 e. The molecular formula is C32H25BrN2O4S2.